The molecule has 0 amide bonds. The Morgan fingerprint density at radius 2 is 1.76 bits per heavy atom. The van der Waals surface area contributed by atoms with E-state index in [0.29, 0.717) is 40.8 Å². The summed E-state index contributed by atoms with van der Waals surface area (Å²) in [6.45, 7) is 4.74. The monoisotopic (exact) mass is 518 g/mol. The number of hydrogen-bond acceptors (Lipinski definition) is 7. The molecule has 4 atom stereocenters. The third kappa shape index (κ3) is 5.87. The number of halogens is 2. The molecule has 0 aliphatic carbocycles. The highest BCUT2D eigenvalue weighted by Gasteiger charge is 2.43. The molecular formula is C23H32Cl2O7Si. The summed E-state index contributed by atoms with van der Waals surface area (Å²) in [7, 11) is 4.33. The first-order valence-electron chi connectivity index (χ1n) is 10.7. The smallest absolute Gasteiger partial charge is 0.169 e. The quantitative estimate of drug-likeness (QED) is 0.424. The molecule has 1 fully saturated rings. The predicted octanol–water partition coefficient (Wildman–Crippen LogP) is 4.64. The molecule has 1 saturated heterocycles. The van der Waals surface area contributed by atoms with Crippen molar-refractivity contribution in [3.63, 3.8) is 0 Å². The summed E-state index contributed by atoms with van der Waals surface area (Å²) < 4.78 is 40.5. The van der Waals surface area contributed by atoms with Crippen LogP contribution in [-0.4, -0.2) is 67.7 Å². The largest absolute Gasteiger partial charge is 0.497 e. The number of benzene rings is 1. The SMILES string of the molecule is COC[C@H]1O[C@@H](c2ccoc2[Si](C)(C)COc2c(Cl)cc(OC)cc2Cl)C[C@@H](OC)[C@@H]1OC. The topological polar surface area (TPSA) is 68.5 Å². The first kappa shape index (κ1) is 26.3. The number of rotatable bonds is 10. The van der Waals surface area contributed by atoms with Crippen LogP contribution in [0.25, 0.3) is 0 Å². The molecule has 1 aliphatic heterocycles. The molecule has 1 aromatic carbocycles. The molecule has 0 unspecified atom stereocenters. The highest BCUT2D eigenvalue weighted by Crippen LogP contribution is 2.38. The molecule has 1 aromatic heterocycles. The van der Waals surface area contributed by atoms with Crippen molar-refractivity contribution >= 4 is 36.7 Å². The van der Waals surface area contributed by atoms with E-state index in [1.165, 1.54) is 0 Å². The van der Waals surface area contributed by atoms with Gasteiger partial charge >= 0.3 is 0 Å². The lowest BCUT2D eigenvalue weighted by Gasteiger charge is -2.40. The summed E-state index contributed by atoms with van der Waals surface area (Å²) in [4.78, 5) is 0. The van der Waals surface area contributed by atoms with Crippen molar-refractivity contribution in [3.8, 4) is 11.5 Å². The molecule has 0 saturated carbocycles. The van der Waals surface area contributed by atoms with E-state index in [1.54, 1.807) is 46.8 Å². The van der Waals surface area contributed by atoms with Gasteiger partial charge in [0.1, 0.15) is 18.0 Å². The molecule has 0 bridgehead atoms. The Labute approximate surface area is 206 Å². The third-order valence-electron chi connectivity index (χ3n) is 5.87. The summed E-state index contributed by atoms with van der Waals surface area (Å²) in [5.74, 6) is 1.01. The van der Waals surface area contributed by atoms with Crippen molar-refractivity contribution in [2.24, 2.45) is 0 Å². The van der Waals surface area contributed by atoms with Gasteiger partial charge in [0.2, 0.25) is 0 Å². The van der Waals surface area contributed by atoms with Crippen LogP contribution in [0, 0.1) is 0 Å². The van der Waals surface area contributed by atoms with Gasteiger partial charge in [-0.3, -0.25) is 0 Å². The molecule has 7 nitrogen and oxygen atoms in total. The predicted molar refractivity (Wildman–Crippen MR) is 130 cm³/mol. The van der Waals surface area contributed by atoms with Crippen LogP contribution in [0.3, 0.4) is 0 Å². The van der Waals surface area contributed by atoms with E-state index in [1.807, 2.05) is 6.07 Å². The summed E-state index contributed by atoms with van der Waals surface area (Å²) in [5, 5.41) is 1.70. The molecule has 2 heterocycles. The normalized spacial score (nSPS) is 23.5. The van der Waals surface area contributed by atoms with Crippen LogP contribution >= 0.6 is 23.2 Å². The minimum Gasteiger partial charge on any atom is -0.497 e. The maximum Gasteiger partial charge on any atom is 0.169 e. The maximum absolute atomic E-state index is 6.40. The van der Waals surface area contributed by atoms with E-state index in [-0.39, 0.29) is 24.4 Å². The summed E-state index contributed by atoms with van der Waals surface area (Å²) in [6.07, 6.45) is 1.94. The number of furan rings is 1. The third-order valence-corrected chi connectivity index (χ3v) is 8.93. The van der Waals surface area contributed by atoms with Crippen LogP contribution < -0.4 is 14.9 Å². The lowest BCUT2D eigenvalue weighted by Crippen LogP contribution is -2.52. The van der Waals surface area contributed by atoms with E-state index in [4.69, 9.17) is 56.0 Å². The Morgan fingerprint density at radius 3 is 2.33 bits per heavy atom. The van der Waals surface area contributed by atoms with E-state index < -0.39 is 8.07 Å². The molecule has 0 spiro atoms. The first-order chi connectivity index (χ1) is 15.7. The zero-order valence-electron chi connectivity index (χ0n) is 19.9. The van der Waals surface area contributed by atoms with Crippen molar-refractivity contribution in [1.82, 2.24) is 0 Å². The number of hydrogen-bond donors (Lipinski definition) is 0. The molecule has 1 aliphatic rings. The fraction of sp³-hybridized carbons (Fsp3) is 0.565. The zero-order chi connectivity index (χ0) is 24.2. The fourth-order valence-corrected chi connectivity index (χ4v) is 6.82. The Kier molecular flexibility index (Phi) is 9.13. The number of ether oxygens (including phenoxy) is 6. The van der Waals surface area contributed by atoms with Gasteiger partial charge in [-0.2, -0.15) is 0 Å². The second-order valence-electron chi connectivity index (χ2n) is 8.63. The van der Waals surface area contributed by atoms with Crippen LogP contribution in [0.4, 0.5) is 0 Å². The molecule has 3 rings (SSSR count). The van der Waals surface area contributed by atoms with Gasteiger partial charge < -0.3 is 32.8 Å². The molecule has 2 aromatic rings. The Hall–Kier alpha value is -1.26. The Morgan fingerprint density at radius 1 is 1.06 bits per heavy atom. The van der Waals surface area contributed by atoms with Crippen LogP contribution in [0.5, 0.6) is 11.5 Å². The van der Waals surface area contributed by atoms with Crippen LogP contribution in [0.1, 0.15) is 18.1 Å². The van der Waals surface area contributed by atoms with Crippen molar-refractivity contribution in [2.75, 3.05) is 41.3 Å². The van der Waals surface area contributed by atoms with Crippen LogP contribution in [0.2, 0.25) is 23.1 Å². The van der Waals surface area contributed by atoms with E-state index >= 15 is 0 Å². The van der Waals surface area contributed by atoms with Gasteiger partial charge in [0.05, 0.1) is 53.8 Å². The standard InChI is InChI=1S/C23H32Cl2O7Si/c1-26-12-20-22(29-4)19(28-3)11-18(32-20)15-7-8-30-23(15)33(5,6)13-31-21-16(24)9-14(27-2)10-17(21)25/h7-10,18-20,22H,11-13H2,1-6H3/t18-,19-,20-,22+/m1/s1. The Bertz CT molecular complexity index is 897. The minimum atomic E-state index is -2.23. The molecule has 0 radical (unpaired) electrons. The highest BCUT2D eigenvalue weighted by atomic mass is 35.5. The highest BCUT2D eigenvalue weighted by molar-refractivity contribution is 6.89. The van der Waals surface area contributed by atoms with Gasteiger partial charge in [-0.25, -0.2) is 0 Å². The van der Waals surface area contributed by atoms with E-state index in [2.05, 4.69) is 13.1 Å². The summed E-state index contributed by atoms with van der Waals surface area (Å²) >= 11 is 12.7. The average molecular weight is 519 g/mol. The molecule has 0 N–H and O–H groups in total. The van der Waals surface area contributed by atoms with E-state index in [9.17, 15) is 0 Å². The van der Waals surface area contributed by atoms with Gasteiger partial charge in [0.15, 0.2) is 13.8 Å². The van der Waals surface area contributed by atoms with Gasteiger partial charge in [0.25, 0.3) is 0 Å². The van der Waals surface area contributed by atoms with Crippen LogP contribution in [-0.2, 0) is 18.9 Å². The van der Waals surface area contributed by atoms with Crippen molar-refractivity contribution in [1.29, 1.82) is 0 Å². The molecule has 33 heavy (non-hydrogen) atoms. The van der Waals surface area contributed by atoms with Crippen molar-refractivity contribution in [2.45, 2.75) is 43.9 Å². The molecule has 184 valence electrons. The van der Waals surface area contributed by atoms with Crippen molar-refractivity contribution in [3.05, 3.63) is 40.1 Å². The molecular weight excluding hydrogens is 487 g/mol. The lowest BCUT2D eigenvalue weighted by atomic mass is 9.95. The Balaban J connectivity index is 1.81. The first-order valence-corrected chi connectivity index (χ1v) is 14.7. The van der Waals surface area contributed by atoms with Crippen LogP contribution in [0.15, 0.2) is 28.9 Å². The second-order valence-corrected chi connectivity index (χ2v) is 14.0. The fourth-order valence-electron chi connectivity index (χ4n) is 4.19. The van der Waals surface area contributed by atoms with Gasteiger partial charge in [-0.05, 0) is 6.07 Å². The van der Waals surface area contributed by atoms with E-state index in [0.717, 1.165) is 10.9 Å². The average Bonchev–Trinajstić information content (AvgIpc) is 3.29. The lowest BCUT2D eigenvalue weighted by molar-refractivity contribution is -0.200. The van der Waals surface area contributed by atoms with Gasteiger partial charge in [-0.1, -0.05) is 36.3 Å². The minimum absolute atomic E-state index is 0.130. The van der Waals surface area contributed by atoms with Crippen molar-refractivity contribution < 1.29 is 32.8 Å². The summed E-state index contributed by atoms with van der Waals surface area (Å²) in [5.41, 5.74) is 1.000. The summed E-state index contributed by atoms with van der Waals surface area (Å²) in [6, 6.07) is 5.32. The second kappa shape index (κ2) is 11.4. The van der Waals surface area contributed by atoms with Gasteiger partial charge in [0, 0.05) is 45.4 Å². The maximum atomic E-state index is 6.40. The number of methoxy groups -OCH3 is 4. The molecule has 10 heteroatoms. The zero-order valence-corrected chi connectivity index (χ0v) is 22.4. The van der Waals surface area contributed by atoms with Gasteiger partial charge in [-0.15, -0.1) is 0 Å².